The first kappa shape index (κ1) is 16.1. The summed E-state index contributed by atoms with van der Waals surface area (Å²) in [5.74, 6) is -0.915. The third-order valence-corrected chi connectivity index (χ3v) is 6.41. The number of fused-ring (bicyclic) bond motifs is 2. The number of hydrogen-bond donors (Lipinski definition) is 2. The molecule has 0 aromatic heterocycles. The fraction of sp³-hybridized carbons (Fsp3) is 0.316. The summed E-state index contributed by atoms with van der Waals surface area (Å²) in [5, 5.41) is 12.7. The van der Waals surface area contributed by atoms with Crippen LogP contribution in [0.2, 0.25) is 0 Å². The standard InChI is InChI=1S/C19H19NO4S/c1-25(23,24)14-4-2-3-12(9-14)17-11-19(7-8-19)15-10-13(18(21)22)5-6-16(15)20-17/h2-6,9-10,17,20H,7-8,11H2,1H3,(H,21,22). The maximum atomic E-state index is 11.8. The van der Waals surface area contributed by atoms with Crippen molar-refractivity contribution in [1.29, 1.82) is 0 Å². The van der Waals surface area contributed by atoms with E-state index in [1.165, 1.54) is 6.26 Å². The zero-order valence-corrected chi connectivity index (χ0v) is 14.6. The van der Waals surface area contributed by atoms with Gasteiger partial charge < -0.3 is 10.4 Å². The molecule has 0 radical (unpaired) electrons. The third-order valence-electron chi connectivity index (χ3n) is 5.30. The summed E-state index contributed by atoms with van der Waals surface area (Å²) in [7, 11) is -3.25. The van der Waals surface area contributed by atoms with E-state index in [0.717, 1.165) is 36.1 Å². The zero-order valence-electron chi connectivity index (χ0n) is 13.8. The van der Waals surface area contributed by atoms with Gasteiger partial charge in [0.1, 0.15) is 0 Å². The van der Waals surface area contributed by atoms with E-state index < -0.39 is 15.8 Å². The maximum absolute atomic E-state index is 11.8. The number of anilines is 1. The van der Waals surface area contributed by atoms with Gasteiger partial charge in [-0.05, 0) is 66.1 Å². The van der Waals surface area contributed by atoms with Crippen molar-refractivity contribution in [2.75, 3.05) is 11.6 Å². The van der Waals surface area contributed by atoms with Gasteiger partial charge in [0.15, 0.2) is 9.84 Å². The largest absolute Gasteiger partial charge is 0.478 e. The van der Waals surface area contributed by atoms with Gasteiger partial charge in [-0.25, -0.2) is 13.2 Å². The molecule has 0 saturated heterocycles. The van der Waals surface area contributed by atoms with Crippen LogP contribution in [0.25, 0.3) is 0 Å². The Kier molecular flexibility index (Phi) is 3.44. The van der Waals surface area contributed by atoms with Crippen molar-refractivity contribution in [3.8, 4) is 0 Å². The second-order valence-corrected chi connectivity index (χ2v) is 9.11. The van der Waals surface area contributed by atoms with Crippen molar-refractivity contribution in [3.63, 3.8) is 0 Å². The molecule has 1 unspecified atom stereocenters. The summed E-state index contributed by atoms with van der Waals surface area (Å²) < 4.78 is 23.7. The molecule has 6 heteroatoms. The first-order valence-corrected chi connectivity index (χ1v) is 10.1. The molecule has 0 amide bonds. The molecule has 25 heavy (non-hydrogen) atoms. The lowest BCUT2D eigenvalue weighted by atomic mass is 9.81. The van der Waals surface area contributed by atoms with Crippen LogP contribution in [-0.4, -0.2) is 25.7 Å². The van der Waals surface area contributed by atoms with E-state index in [0.29, 0.717) is 10.5 Å². The van der Waals surface area contributed by atoms with Crippen LogP contribution in [0.1, 0.15) is 46.8 Å². The number of carbonyl (C=O) groups is 1. The Morgan fingerprint density at radius 3 is 2.60 bits per heavy atom. The number of carboxylic acid groups (broad SMARTS) is 1. The Morgan fingerprint density at radius 2 is 1.96 bits per heavy atom. The molecule has 1 aliphatic heterocycles. The molecule has 1 atom stereocenters. The minimum Gasteiger partial charge on any atom is -0.478 e. The van der Waals surface area contributed by atoms with Crippen LogP contribution >= 0.6 is 0 Å². The minimum atomic E-state index is -3.25. The molecule has 2 aliphatic rings. The van der Waals surface area contributed by atoms with Crippen molar-refractivity contribution in [2.45, 2.75) is 35.6 Å². The number of nitrogens with one attached hydrogen (secondary N) is 1. The fourth-order valence-corrected chi connectivity index (χ4v) is 4.44. The van der Waals surface area contributed by atoms with Crippen LogP contribution in [0.15, 0.2) is 47.4 Å². The number of aromatic carboxylic acids is 1. The Bertz CT molecular complexity index is 977. The van der Waals surface area contributed by atoms with Gasteiger partial charge in [-0.15, -0.1) is 0 Å². The molecule has 2 aromatic carbocycles. The Hall–Kier alpha value is -2.34. The lowest BCUT2D eigenvalue weighted by Gasteiger charge is -2.34. The van der Waals surface area contributed by atoms with Crippen LogP contribution in [0.4, 0.5) is 5.69 Å². The molecule has 1 fully saturated rings. The quantitative estimate of drug-likeness (QED) is 0.880. The molecule has 0 bridgehead atoms. The number of benzene rings is 2. The average Bonchev–Trinajstić information content (AvgIpc) is 3.34. The van der Waals surface area contributed by atoms with Gasteiger partial charge in [0.2, 0.25) is 0 Å². The van der Waals surface area contributed by atoms with Crippen LogP contribution in [0.3, 0.4) is 0 Å². The van der Waals surface area contributed by atoms with E-state index in [-0.39, 0.29) is 11.5 Å². The van der Waals surface area contributed by atoms with Crippen LogP contribution < -0.4 is 5.32 Å². The second kappa shape index (κ2) is 5.33. The molecule has 1 saturated carbocycles. The van der Waals surface area contributed by atoms with E-state index >= 15 is 0 Å². The predicted molar refractivity (Wildman–Crippen MR) is 94.8 cm³/mol. The van der Waals surface area contributed by atoms with Crippen molar-refractivity contribution >= 4 is 21.5 Å². The number of rotatable bonds is 3. The molecule has 1 aliphatic carbocycles. The Morgan fingerprint density at radius 1 is 1.20 bits per heavy atom. The van der Waals surface area contributed by atoms with Crippen molar-refractivity contribution < 1.29 is 18.3 Å². The van der Waals surface area contributed by atoms with Crippen LogP contribution in [0.5, 0.6) is 0 Å². The Labute approximate surface area is 146 Å². The lowest BCUT2D eigenvalue weighted by Crippen LogP contribution is -2.26. The van der Waals surface area contributed by atoms with Crippen molar-refractivity contribution in [2.24, 2.45) is 0 Å². The van der Waals surface area contributed by atoms with E-state index in [1.54, 1.807) is 30.3 Å². The van der Waals surface area contributed by atoms with E-state index in [1.807, 2.05) is 12.1 Å². The molecule has 1 heterocycles. The minimum absolute atomic E-state index is 0.0117. The SMILES string of the molecule is CS(=O)(=O)c1cccc(C2CC3(CC3)c3cc(C(=O)O)ccc3N2)c1. The summed E-state index contributed by atoms with van der Waals surface area (Å²) >= 11 is 0. The molecule has 5 nitrogen and oxygen atoms in total. The van der Waals surface area contributed by atoms with Gasteiger partial charge in [-0.2, -0.15) is 0 Å². The molecule has 2 aromatic rings. The maximum Gasteiger partial charge on any atom is 0.335 e. The van der Waals surface area contributed by atoms with Gasteiger partial charge in [-0.1, -0.05) is 12.1 Å². The van der Waals surface area contributed by atoms with Gasteiger partial charge in [0.05, 0.1) is 16.5 Å². The van der Waals surface area contributed by atoms with Crippen LogP contribution in [0, 0.1) is 0 Å². The first-order chi connectivity index (χ1) is 11.8. The van der Waals surface area contributed by atoms with Gasteiger partial charge in [0, 0.05) is 11.9 Å². The van der Waals surface area contributed by atoms with Crippen molar-refractivity contribution in [1.82, 2.24) is 0 Å². The summed E-state index contributed by atoms with van der Waals surface area (Å²) in [6, 6.07) is 12.3. The normalized spacial score (nSPS) is 20.6. The number of hydrogen-bond acceptors (Lipinski definition) is 4. The smallest absolute Gasteiger partial charge is 0.335 e. The van der Waals surface area contributed by atoms with Gasteiger partial charge >= 0.3 is 5.97 Å². The van der Waals surface area contributed by atoms with Gasteiger partial charge in [-0.3, -0.25) is 0 Å². The molecular weight excluding hydrogens is 338 g/mol. The van der Waals surface area contributed by atoms with Crippen LogP contribution in [-0.2, 0) is 15.3 Å². The summed E-state index contributed by atoms with van der Waals surface area (Å²) in [4.78, 5) is 11.6. The topological polar surface area (TPSA) is 83.5 Å². The highest BCUT2D eigenvalue weighted by Crippen LogP contribution is 2.59. The Balaban J connectivity index is 1.73. The highest BCUT2D eigenvalue weighted by atomic mass is 32.2. The second-order valence-electron chi connectivity index (χ2n) is 7.09. The summed E-state index contributed by atoms with van der Waals surface area (Å²) in [6.07, 6.45) is 4.13. The molecule has 4 rings (SSSR count). The van der Waals surface area contributed by atoms with Crippen molar-refractivity contribution in [3.05, 3.63) is 59.2 Å². The molecule has 2 N–H and O–H groups in total. The predicted octanol–water partition coefficient (Wildman–Crippen LogP) is 3.38. The lowest BCUT2D eigenvalue weighted by molar-refractivity contribution is 0.0696. The summed E-state index contributed by atoms with van der Waals surface area (Å²) in [5.41, 5.74) is 3.29. The number of sulfone groups is 1. The van der Waals surface area contributed by atoms with E-state index in [2.05, 4.69) is 5.32 Å². The molecule has 130 valence electrons. The number of carboxylic acids is 1. The molecular formula is C19H19NO4S. The first-order valence-electron chi connectivity index (χ1n) is 8.23. The average molecular weight is 357 g/mol. The highest BCUT2D eigenvalue weighted by Gasteiger charge is 2.49. The fourth-order valence-electron chi connectivity index (χ4n) is 3.77. The molecule has 1 spiro atoms. The summed E-state index contributed by atoms with van der Waals surface area (Å²) in [6.45, 7) is 0. The van der Waals surface area contributed by atoms with Gasteiger partial charge in [0.25, 0.3) is 0 Å². The highest BCUT2D eigenvalue weighted by molar-refractivity contribution is 7.90. The zero-order chi connectivity index (χ0) is 17.8. The monoisotopic (exact) mass is 357 g/mol. The third kappa shape index (κ3) is 2.80. The van der Waals surface area contributed by atoms with E-state index in [4.69, 9.17) is 0 Å². The van der Waals surface area contributed by atoms with E-state index in [9.17, 15) is 18.3 Å².